The molecule has 0 saturated carbocycles. The molecule has 2 rings (SSSR count). The van der Waals surface area contributed by atoms with E-state index in [9.17, 15) is 13.2 Å². The van der Waals surface area contributed by atoms with Gasteiger partial charge in [-0.15, -0.1) is 0 Å². The van der Waals surface area contributed by atoms with Crippen molar-refractivity contribution in [2.75, 3.05) is 11.4 Å². The molecule has 0 aliphatic carbocycles. The van der Waals surface area contributed by atoms with Crippen molar-refractivity contribution < 1.29 is 13.2 Å². The number of benzene rings is 1. The SMILES string of the molecule is CCC(C)NS(=O)(=O)c1ccc(N2CCCC2=O)cc1C. The Morgan fingerprint density at radius 3 is 2.62 bits per heavy atom. The average molecular weight is 310 g/mol. The monoisotopic (exact) mass is 310 g/mol. The first-order chi connectivity index (χ1) is 9.85. The summed E-state index contributed by atoms with van der Waals surface area (Å²) in [4.78, 5) is 13.7. The molecule has 0 aromatic heterocycles. The Kier molecular flexibility index (Phi) is 4.68. The predicted octanol–water partition coefficient (Wildman–Crippen LogP) is 2.20. The molecule has 1 N–H and O–H groups in total. The molecule has 1 atom stereocenters. The molecule has 21 heavy (non-hydrogen) atoms. The molecule has 1 saturated heterocycles. The van der Waals surface area contributed by atoms with E-state index >= 15 is 0 Å². The van der Waals surface area contributed by atoms with Crippen LogP contribution in [-0.4, -0.2) is 26.9 Å². The fraction of sp³-hybridized carbons (Fsp3) is 0.533. The average Bonchev–Trinajstić information content (AvgIpc) is 2.83. The van der Waals surface area contributed by atoms with Crippen molar-refractivity contribution >= 4 is 21.6 Å². The van der Waals surface area contributed by atoms with E-state index < -0.39 is 10.0 Å². The number of amides is 1. The van der Waals surface area contributed by atoms with E-state index in [4.69, 9.17) is 0 Å². The highest BCUT2D eigenvalue weighted by atomic mass is 32.2. The second-order valence-corrected chi connectivity index (χ2v) is 7.21. The molecule has 116 valence electrons. The summed E-state index contributed by atoms with van der Waals surface area (Å²) in [5, 5.41) is 0. The largest absolute Gasteiger partial charge is 0.312 e. The Morgan fingerprint density at radius 2 is 2.10 bits per heavy atom. The smallest absolute Gasteiger partial charge is 0.241 e. The summed E-state index contributed by atoms with van der Waals surface area (Å²) in [6.07, 6.45) is 2.15. The molecule has 0 bridgehead atoms. The minimum atomic E-state index is -3.51. The quantitative estimate of drug-likeness (QED) is 0.906. The van der Waals surface area contributed by atoms with Crippen LogP contribution in [-0.2, 0) is 14.8 Å². The lowest BCUT2D eigenvalue weighted by Crippen LogP contribution is -2.32. The van der Waals surface area contributed by atoms with Gasteiger partial charge in [0.15, 0.2) is 0 Å². The highest BCUT2D eigenvalue weighted by Gasteiger charge is 2.24. The molecule has 1 unspecified atom stereocenters. The van der Waals surface area contributed by atoms with Crippen LogP contribution >= 0.6 is 0 Å². The zero-order valence-electron chi connectivity index (χ0n) is 12.7. The van der Waals surface area contributed by atoms with Gasteiger partial charge in [0.25, 0.3) is 0 Å². The van der Waals surface area contributed by atoms with E-state index in [1.807, 2.05) is 13.8 Å². The highest BCUT2D eigenvalue weighted by molar-refractivity contribution is 7.89. The summed E-state index contributed by atoms with van der Waals surface area (Å²) < 4.78 is 27.3. The summed E-state index contributed by atoms with van der Waals surface area (Å²) in [6, 6.07) is 4.96. The number of nitrogens with one attached hydrogen (secondary N) is 1. The number of hydrogen-bond donors (Lipinski definition) is 1. The Morgan fingerprint density at radius 1 is 1.38 bits per heavy atom. The third-order valence-corrected chi connectivity index (χ3v) is 5.55. The predicted molar refractivity (Wildman–Crippen MR) is 82.8 cm³/mol. The van der Waals surface area contributed by atoms with Crippen LogP contribution in [0.4, 0.5) is 5.69 Å². The molecule has 0 spiro atoms. The van der Waals surface area contributed by atoms with Gasteiger partial charge in [0.1, 0.15) is 0 Å². The first-order valence-electron chi connectivity index (χ1n) is 7.28. The van der Waals surface area contributed by atoms with E-state index in [1.54, 1.807) is 30.0 Å². The lowest BCUT2D eigenvalue weighted by Gasteiger charge is -2.18. The number of nitrogens with zero attached hydrogens (tertiary/aromatic N) is 1. The number of rotatable bonds is 5. The van der Waals surface area contributed by atoms with Crippen LogP contribution in [0.25, 0.3) is 0 Å². The second kappa shape index (κ2) is 6.15. The van der Waals surface area contributed by atoms with Gasteiger partial charge in [-0.3, -0.25) is 4.79 Å². The van der Waals surface area contributed by atoms with Gasteiger partial charge in [-0.1, -0.05) is 6.92 Å². The molecule has 0 radical (unpaired) electrons. The highest BCUT2D eigenvalue weighted by Crippen LogP contribution is 2.26. The Bertz CT molecular complexity index is 640. The lowest BCUT2D eigenvalue weighted by atomic mass is 10.2. The van der Waals surface area contributed by atoms with E-state index in [-0.39, 0.29) is 16.8 Å². The molecule has 1 heterocycles. The van der Waals surface area contributed by atoms with E-state index in [1.165, 1.54) is 0 Å². The third kappa shape index (κ3) is 3.44. The second-order valence-electron chi connectivity index (χ2n) is 5.53. The Balaban J connectivity index is 2.29. The van der Waals surface area contributed by atoms with Crippen LogP contribution in [0, 0.1) is 6.92 Å². The van der Waals surface area contributed by atoms with Crippen molar-refractivity contribution in [1.82, 2.24) is 4.72 Å². The molecule has 6 heteroatoms. The van der Waals surface area contributed by atoms with Crippen molar-refractivity contribution in [2.45, 2.75) is 51.0 Å². The molecule has 1 aromatic rings. The van der Waals surface area contributed by atoms with Gasteiger partial charge in [0, 0.05) is 24.7 Å². The summed E-state index contributed by atoms with van der Waals surface area (Å²) >= 11 is 0. The van der Waals surface area contributed by atoms with Gasteiger partial charge in [0.2, 0.25) is 15.9 Å². The van der Waals surface area contributed by atoms with Crippen LogP contribution in [0.3, 0.4) is 0 Å². The van der Waals surface area contributed by atoms with Crippen molar-refractivity contribution in [2.24, 2.45) is 0 Å². The van der Waals surface area contributed by atoms with Crippen LogP contribution in [0.15, 0.2) is 23.1 Å². The van der Waals surface area contributed by atoms with Gasteiger partial charge in [0.05, 0.1) is 4.90 Å². The Hall–Kier alpha value is -1.40. The minimum Gasteiger partial charge on any atom is -0.312 e. The number of hydrogen-bond acceptors (Lipinski definition) is 3. The van der Waals surface area contributed by atoms with Gasteiger partial charge < -0.3 is 4.90 Å². The number of carbonyl (C=O) groups is 1. The molecule has 1 amide bonds. The maximum absolute atomic E-state index is 12.3. The molecule has 1 aromatic carbocycles. The van der Waals surface area contributed by atoms with Gasteiger partial charge in [-0.05, 0) is 50.5 Å². The first-order valence-corrected chi connectivity index (χ1v) is 8.77. The number of carbonyl (C=O) groups excluding carboxylic acids is 1. The standard InChI is InChI=1S/C15H22N2O3S/c1-4-12(3)16-21(19,20)14-8-7-13(10-11(14)2)17-9-5-6-15(17)18/h7-8,10,12,16H,4-6,9H2,1-3H3. The number of anilines is 1. The van der Waals surface area contributed by atoms with E-state index in [0.29, 0.717) is 18.5 Å². The normalized spacial score (nSPS) is 17.3. The van der Waals surface area contributed by atoms with Crippen molar-refractivity contribution in [3.05, 3.63) is 23.8 Å². The molecular formula is C15H22N2O3S. The zero-order valence-corrected chi connectivity index (χ0v) is 13.5. The molecule has 1 aliphatic rings. The summed E-state index contributed by atoms with van der Waals surface area (Å²) in [7, 11) is -3.51. The third-order valence-electron chi connectivity index (χ3n) is 3.80. The summed E-state index contributed by atoms with van der Waals surface area (Å²) in [5.41, 5.74) is 1.43. The Labute approximate surface area is 126 Å². The van der Waals surface area contributed by atoms with Crippen molar-refractivity contribution in [3.63, 3.8) is 0 Å². The van der Waals surface area contributed by atoms with Gasteiger partial charge >= 0.3 is 0 Å². The van der Waals surface area contributed by atoms with Crippen molar-refractivity contribution in [3.8, 4) is 0 Å². The molecule has 5 nitrogen and oxygen atoms in total. The minimum absolute atomic E-state index is 0.0998. The fourth-order valence-corrected chi connectivity index (χ4v) is 3.99. The molecule has 1 fully saturated rings. The fourth-order valence-electron chi connectivity index (χ4n) is 2.44. The van der Waals surface area contributed by atoms with Crippen LogP contribution in [0.5, 0.6) is 0 Å². The summed E-state index contributed by atoms with van der Waals surface area (Å²) in [6.45, 7) is 6.23. The zero-order chi connectivity index (χ0) is 15.6. The van der Waals surface area contributed by atoms with Gasteiger partial charge in [-0.2, -0.15) is 0 Å². The lowest BCUT2D eigenvalue weighted by molar-refractivity contribution is -0.117. The van der Waals surface area contributed by atoms with Crippen molar-refractivity contribution in [1.29, 1.82) is 0 Å². The van der Waals surface area contributed by atoms with Crippen LogP contribution in [0.2, 0.25) is 0 Å². The topological polar surface area (TPSA) is 66.5 Å². The number of aryl methyl sites for hydroxylation is 1. The van der Waals surface area contributed by atoms with Crippen LogP contribution in [0.1, 0.15) is 38.7 Å². The maximum atomic E-state index is 12.3. The molecule has 1 aliphatic heterocycles. The maximum Gasteiger partial charge on any atom is 0.241 e. The number of sulfonamides is 1. The molecular weight excluding hydrogens is 288 g/mol. The van der Waals surface area contributed by atoms with Gasteiger partial charge in [-0.25, -0.2) is 13.1 Å². The van der Waals surface area contributed by atoms with E-state index in [0.717, 1.165) is 18.5 Å². The van der Waals surface area contributed by atoms with E-state index in [2.05, 4.69) is 4.72 Å². The van der Waals surface area contributed by atoms with Crippen LogP contribution < -0.4 is 9.62 Å². The first kappa shape index (κ1) is 16.0. The summed E-state index contributed by atoms with van der Waals surface area (Å²) in [5.74, 6) is 0.0998.